The monoisotopic (exact) mass is 389 g/mol. The topological polar surface area (TPSA) is 83.3 Å². The molecule has 4 rings (SSSR count). The third-order valence-electron chi connectivity index (χ3n) is 5.55. The smallest absolute Gasteiger partial charge is 0.238 e. The highest BCUT2D eigenvalue weighted by molar-refractivity contribution is 8.00. The van der Waals surface area contributed by atoms with Crippen LogP contribution in [0.15, 0.2) is 33.4 Å². The molecule has 1 saturated heterocycles. The van der Waals surface area contributed by atoms with Crippen molar-refractivity contribution in [2.75, 3.05) is 25.6 Å². The second-order valence-corrected chi connectivity index (χ2v) is 8.83. The average Bonchev–Trinajstić information content (AvgIpc) is 3.19. The lowest BCUT2D eigenvalue weighted by molar-refractivity contribution is -0.121. The third kappa shape index (κ3) is 4.52. The van der Waals surface area contributed by atoms with E-state index in [0.29, 0.717) is 34.2 Å². The van der Waals surface area contributed by atoms with E-state index in [4.69, 9.17) is 14.7 Å². The van der Waals surface area contributed by atoms with E-state index < -0.39 is 5.92 Å². The van der Waals surface area contributed by atoms with Gasteiger partial charge in [0.1, 0.15) is 11.8 Å². The number of aliphatic hydroxyl groups excluding tert-OH is 1. The number of amidine groups is 1. The summed E-state index contributed by atoms with van der Waals surface area (Å²) < 4.78 is 5.40. The maximum Gasteiger partial charge on any atom is 0.238 e. The number of allylic oxidation sites excluding steroid dienone is 2. The summed E-state index contributed by atoms with van der Waals surface area (Å²) in [6, 6.07) is 0.356. The van der Waals surface area contributed by atoms with Gasteiger partial charge in [-0.05, 0) is 43.4 Å². The van der Waals surface area contributed by atoms with Crippen LogP contribution in [-0.2, 0) is 9.53 Å². The van der Waals surface area contributed by atoms with Gasteiger partial charge in [0.15, 0.2) is 0 Å². The number of rotatable bonds is 5. The summed E-state index contributed by atoms with van der Waals surface area (Å²) >= 11 is 1.83. The van der Waals surface area contributed by atoms with Crippen molar-refractivity contribution in [1.29, 1.82) is 0 Å². The molecule has 6 nitrogen and oxygen atoms in total. The molecule has 4 aliphatic rings. The Morgan fingerprint density at radius 3 is 2.74 bits per heavy atom. The van der Waals surface area contributed by atoms with Crippen LogP contribution in [0.1, 0.15) is 38.5 Å². The van der Waals surface area contributed by atoms with E-state index in [1.54, 1.807) is 0 Å². The number of aliphatic imine (C=N–C) groups is 2. The van der Waals surface area contributed by atoms with Gasteiger partial charge in [-0.1, -0.05) is 12.8 Å². The molecule has 27 heavy (non-hydrogen) atoms. The third-order valence-corrected chi connectivity index (χ3v) is 6.94. The van der Waals surface area contributed by atoms with Crippen molar-refractivity contribution in [3.63, 3.8) is 0 Å². The minimum Gasteiger partial charge on any atom is -0.392 e. The number of hydrogen-bond donors (Lipinski definition) is 2. The van der Waals surface area contributed by atoms with Crippen LogP contribution >= 0.6 is 11.8 Å². The highest BCUT2D eigenvalue weighted by Crippen LogP contribution is 2.31. The lowest BCUT2D eigenvalue weighted by atomic mass is 9.88. The summed E-state index contributed by atoms with van der Waals surface area (Å²) in [6.07, 6.45) is 10.6. The molecule has 1 unspecified atom stereocenters. The number of thioether (sulfide) groups is 1. The predicted octanol–water partition coefficient (Wildman–Crippen LogP) is 2.24. The van der Waals surface area contributed by atoms with Gasteiger partial charge in [-0.15, -0.1) is 0 Å². The van der Waals surface area contributed by atoms with Gasteiger partial charge in [0.25, 0.3) is 0 Å². The van der Waals surface area contributed by atoms with Gasteiger partial charge in [0.2, 0.25) is 5.91 Å². The fourth-order valence-corrected chi connectivity index (χ4v) is 5.16. The van der Waals surface area contributed by atoms with Crippen molar-refractivity contribution in [2.45, 2.75) is 49.8 Å². The van der Waals surface area contributed by atoms with Crippen LogP contribution in [0.2, 0.25) is 0 Å². The Morgan fingerprint density at radius 2 is 2.00 bits per heavy atom. The molecule has 2 N–H and O–H groups in total. The van der Waals surface area contributed by atoms with Crippen molar-refractivity contribution < 1.29 is 14.6 Å². The second kappa shape index (κ2) is 8.71. The van der Waals surface area contributed by atoms with Gasteiger partial charge in [0.05, 0.1) is 29.8 Å². The highest BCUT2D eigenvalue weighted by Gasteiger charge is 2.34. The van der Waals surface area contributed by atoms with E-state index in [1.165, 1.54) is 12.8 Å². The Kier molecular flexibility index (Phi) is 6.10. The molecule has 146 valence electrons. The predicted molar refractivity (Wildman–Crippen MR) is 108 cm³/mol. The number of aliphatic hydroxyl groups is 1. The van der Waals surface area contributed by atoms with Crippen LogP contribution in [0.25, 0.3) is 0 Å². The van der Waals surface area contributed by atoms with Gasteiger partial charge in [0, 0.05) is 18.5 Å². The van der Waals surface area contributed by atoms with Gasteiger partial charge in [-0.25, -0.2) is 4.99 Å². The van der Waals surface area contributed by atoms with Gasteiger partial charge < -0.3 is 15.2 Å². The molecule has 2 aliphatic carbocycles. The Morgan fingerprint density at radius 1 is 1.22 bits per heavy atom. The highest BCUT2D eigenvalue weighted by atomic mass is 32.2. The first-order chi connectivity index (χ1) is 13.2. The summed E-state index contributed by atoms with van der Waals surface area (Å²) in [5.74, 6) is 0.806. The maximum atomic E-state index is 12.7. The first-order valence-corrected chi connectivity index (χ1v) is 11.0. The fraction of sp³-hybridized carbons (Fsp3) is 0.650. The molecule has 1 amide bonds. The van der Waals surface area contributed by atoms with Gasteiger partial charge >= 0.3 is 0 Å². The van der Waals surface area contributed by atoms with Crippen molar-refractivity contribution >= 4 is 29.2 Å². The number of hydrogen-bond acceptors (Lipinski definition) is 6. The van der Waals surface area contributed by atoms with Crippen molar-refractivity contribution in [2.24, 2.45) is 15.9 Å². The Labute approximate surface area is 164 Å². The van der Waals surface area contributed by atoms with E-state index in [-0.39, 0.29) is 12.5 Å². The van der Waals surface area contributed by atoms with Crippen molar-refractivity contribution in [3.8, 4) is 0 Å². The van der Waals surface area contributed by atoms with E-state index in [9.17, 15) is 9.90 Å². The first kappa shape index (κ1) is 18.9. The Hall–Kier alpha value is -1.44. The number of fused-ring (bicyclic) bond motifs is 1. The molecule has 1 saturated carbocycles. The van der Waals surface area contributed by atoms with E-state index in [0.717, 1.165) is 44.6 Å². The molecule has 2 heterocycles. The van der Waals surface area contributed by atoms with Gasteiger partial charge in [-0.2, -0.15) is 11.8 Å². The number of nitrogens with one attached hydrogen (secondary N) is 1. The molecule has 0 radical (unpaired) electrons. The molecule has 2 fully saturated rings. The number of carbonyl (C=O) groups is 1. The van der Waals surface area contributed by atoms with E-state index in [2.05, 4.69) is 5.32 Å². The lowest BCUT2D eigenvalue weighted by Gasteiger charge is -2.29. The molecule has 0 aromatic rings. The minimum atomic E-state index is -0.491. The van der Waals surface area contributed by atoms with E-state index in [1.807, 2.05) is 23.9 Å². The molecular weight excluding hydrogens is 362 g/mol. The standard InChI is InChI=1S/C20H27N3O3S/c24-11-13-9-15(21-14-3-1-2-4-14)10-17-19(13)20(25)23-18(22-17)12-27-16-5-7-26-8-6-16/h9-10,14,16,19,24H,1-8,11-12H2,(H,22,23,25). The molecule has 7 heteroatoms. The molecule has 0 aromatic heterocycles. The largest absolute Gasteiger partial charge is 0.392 e. The zero-order chi connectivity index (χ0) is 18.6. The maximum absolute atomic E-state index is 12.7. The first-order valence-electron chi connectivity index (χ1n) is 9.91. The van der Waals surface area contributed by atoms with Crippen molar-refractivity contribution in [3.05, 3.63) is 23.4 Å². The summed E-state index contributed by atoms with van der Waals surface area (Å²) in [6.45, 7) is 1.48. The van der Waals surface area contributed by atoms with Crippen molar-refractivity contribution in [1.82, 2.24) is 5.32 Å². The normalized spacial score (nSPS) is 28.5. The van der Waals surface area contributed by atoms with Crippen LogP contribution < -0.4 is 5.32 Å². The van der Waals surface area contributed by atoms with Crippen LogP contribution in [0, 0.1) is 5.92 Å². The lowest BCUT2D eigenvalue weighted by Crippen LogP contribution is -2.44. The molecule has 0 aromatic carbocycles. The zero-order valence-electron chi connectivity index (χ0n) is 15.5. The Bertz CT molecular complexity index is 701. The fourth-order valence-electron chi connectivity index (χ4n) is 4.10. The van der Waals surface area contributed by atoms with Gasteiger partial charge in [-0.3, -0.25) is 9.79 Å². The Balaban J connectivity index is 1.51. The van der Waals surface area contributed by atoms with Crippen LogP contribution in [-0.4, -0.2) is 59.4 Å². The quantitative estimate of drug-likeness (QED) is 0.755. The number of ether oxygens (including phenoxy) is 1. The molecule has 1 atom stereocenters. The second-order valence-electron chi connectivity index (χ2n) is 7.54. The van der Waals surface area contributed by atoms with Crippen LogP contribution in [0.4, 0.5) is 0 Å². The van der Waals surface area contributed by atoms with E-state index >= 15 is 0 Å². The molecular formula is C20H27N3O3S. The summed E-state index contributed by atoms with van der Waals surface area (Å²) in [7, 11) is 0. The van der Waals surface area contributed by atoms with Crippen LogP contribution in [0.3, 0.4) is 0 Å². The summed E-state index contributed by atoms with van der Waals surface area (Å²) in [5.41, 5.74) is 2.23. The molecule has 0 bridgehead atoms. The molecule has 2 aliphatic heterocycles. The number of carbonyl (C=O) groups excluding carboxylic acids is 1. The summed E-state index contributed by atoms with van der Waals surface area (Å²) in [4.78, 5) is 22.2. The molecule has 0 spiro atoms. The SMILES string of the molecule is O=C1NC(CSC2CCOCC2)=NC2=CC(=NC3CCCC3)C=C(CO)C12. The number of nitrogens with zero attached hydrogens (tertiary/aromatic N) is 2. The minimum absolute atomic E-state index is 0.0981. The summed E-state index contributed by atoms with van der Waals surface area (Å²) in [5, 5.41) is 13.3. The zero-order valence-corrected chi connectivity index (χ0v) is 16.3. The van der Waals surface area contributed by atoms with Crippen LogP contribution in [0.5, 0.6) is 0 Å². The average molecular weight is 390 g/mol. The number of amides is 1.